The van der Waals surface area contributed by atoms with Gasteiger partial charge >= 0.3 is 0 Å². The third-order valence-corrected chi connectivity index (χ3v) is 12.7. The van der Waals surface area contributed by atoms with Crippen molar-refractivity contribution in [2.75, 3.05) is 12.8 Å². The molecule has 15 heteroatoms. The summed E-state index contributed by atoms with van der Waals surface area (Å²) in [6.45, 7) is 12.5. The summed E-state index contributed by atoms with van der Waals surface area (Å²) in [4.78, 5) is 26.6. The molecule has 1 aliphatic heterocycles. The zero-order valence-corrected chi connectivity index (χ0v) is 32.0. The van der Waals surface area contributed by atoms with E-state index in [9.17, 15) is 21.6 Å². The number of rotatable bonds is 11. The molecule has 0 aliphatic carbocycles. The van der Waals surface area contributed by atoms with Crippen LogP contribution >= 0.6 is 0 Å². The van der Waals surface area contributed by atoms with E-state index in [0.29, 0.717) is 18.5 Å². The number of nitrogens with zero attached hydrogens (tertiary/aromatic N) is 7. The smallest absolute Gasteiger partial charge is 0.248 e. The van der Waals surface area contributed by atoms with Gasteiger partial charge in [-0.15, -0.1) is 5.10 Å². The molecule has 4 heterocycles. The molecule has 5 aromatic rings. The van der Waals surface area contributed by atoms with Gasteiger partial charge in [-0.3, -0.25) is 4.79 Å². The summed E-state index contributed by atoms with van der Waals surface area (Å²) in [5.74, 6) is -0.511. The molecule has 0 spiro atoms. The van der Waals surface area contributed by atoms with Crippen LogP contribution in [0.2, 0.25) is 0 Å². The number of Topliss-reactive ketones (excluding diaryl/α,β-unsaturated/α-hetero) is 1. The van der Waals surface area contributed by atoms with Gasteiger partial charge in [0.05, 0.1) is 12.1 Å². The zero-order chi connectivity index (χ0) is 37.6. The summed E-state index contributed by atoms with van der Waals surface area (Å²) < 4.78 is 61.3. The average molecular weight is 746 g/mol. The van der Waals surface area contributed by atoms with E-state index in [2.05, 4.69) is 25.3 Å². The van der Waals surface area contributed by atoms with Crippen molar-refractivity contribution >= 4 is 36.7 Å². The molecule has 0 N–H and O–H groups in total. The van der Waals surface area contributed by atoms with Gasteiger partial charge in [0.25, 0.3) is 0 Å². The number of ketones is 1. The number of aryl methyl sites for hydroxylation is 3. The molecule has 0 radical (unpaired) electrons. The lowest BCUT2D eigenvalue weighted by molar-refractivity contribution is -0.127. The second-order valence-electron chi connectivity index (χ2n) is 13.9. The number of pyridine rings is 1. The second-order valence-corrected chi connectivity index (χ2v) is 17.7. The summed E-state index contributed by atoms with van der Waals surface area (Å²) in [6.07, 6.45) is 5.47. The molecule has 0 saturated heterocycles. The van der Waals surface area contributed by atoms with Crippen LogP contribution in [0.3, 0.4) is 0 Å². The van der Waals surface area contributed by atoms with E-state index >= 15 is 0 Å². The number of carbonyl (C=O) groups excluding carboxylic acids is 1. The molecule has 52 heavy (non-hydrogen) atoms. The van der Waals surface area contributed by atoms with Gasteiger partial charge in [-0.2, -0.15) is 4.31 Å². The summed E-state index contributed by atoms with van der Waals surface area (Å²) >= 11 is 0. The lowest BCUT2D eigenvalue weighted by Gasteiger charge is -2.35. The molecular formula is C37H43N7O6S2. The van der Waals surface area contributed by atoms with Gasteiger partial charge in [0.15, 0.2) is 0 Å². The number of aromatic nitrogens is 6. The Hall–Kier alpha value is -4.60. The van der Waals surface area contributed by atoms with Crippen molar-refractivity contribution in [1.82, 2.24) is 34.3 Å². The third-order valence-electron chi connectivity index (χ3n) is 9.96. The molecule has 1 aliphatic rings. The Morgan fingerprint density at radius 3 is 2.46 bits per heavy atom. The lowest BCUT2D eigenvalue weighted by atomic mass is 9.66. The van der Waals surface area contributed by atoms with Gasteiger partial charge in [0.1, 0.15) is 22.3 Å². The minimum atomic E-state index is -3.96. The van der Waals surface area contributed by atoms with Crippen molar-refractivity contribution < 1.29 is 26.4 Å². The molecule has 274 valence electrons. The topological polar surface area (TPSA) is 167 Å². The lowest BCUT2D eigenvalue weighted by Crippen LogP contribution is -2.37. The predicted octanol–water partition coefficient (Wildman–Crippen LogP) is 4.99. The van der Waals surface area contributed by atoms with Gasteiger partial charge < -0.3 is 4.74 Å². The van der Waals surface area contributed by atoms with Crippen molar-refractivity contribution in [1.29, 1.82) is 0 Å². The number of ether oxygens (including phenoxy) is 1. The number of hydrogen-bond acceptors (Lipinski definition) is 11. The van der Waals surface area contributed by atoms with Crippen LogP contribution in [0.15, 0.2) is 71.1 Å². The molecule has 2 atom stereocenters. The van der Waals surface area contributed by atoms with Gasteiger partial charge in [-0.25, -0.2) is 36.5 Å². The normalized spacial score (nSPS) is 16.9. The summed E-state index contributed by atoms with van der Waals surface area (Å²) in [7, 11) is -7.56. The van der Waals surface area contributed by atoms with E-state index in [0.717, 1.165) is 45.1 Å². The number of fused-ring (bicyclic) bond motifs is 2. The van der Waals surface area contributed by atoms with Gasteiger partial charge in [0.2, 0.25) is 30.9 Å². The minimum absolute atomic E-state index is 0.0296. The Bertz CT molecular complexity index is 2380. The highest BCUT2D eigenvalue weighted by Gasteiger charge is 2.41. The van der Waals surface area contributed by atoms with E-state index in [-0.39, 0.29) is 47.3 Å². The fraction of sp³-hybridized carbons (Fsp3) is 0.405. The molecule has 0 saturated carbocycles. The Labute approximate surface area is 304 Å². The Kier molecular flexibility index (Phi) is 10.1. The fourth-order valence-electron chi connectivity index (χ4n) is 6.83. The van der Waals surface area contributed by atoms with Crippen LogP contribution in [0.25, 0.3) is 11.0 Å². The highest BCUT2D eigenvalue weighted by molar-refractivity contribution is 7.90. The van der Waals surface area contributed by atoms with Gasteiger partial charge in [-0.1, -0.05) is 50.3 Å². The molecule has 0 amide bonds. The fourth-order valence-corrected chi connectivity index (χ4v) is 8.84. The number of carbonyl (C=O) groups is 1. The molecule has 0 bridgehead atoms. The maximum atomic E-state index is 14.4. The van der Waals surface area contributed by atoms with Crippen LogP contribution in [0.4, 0.5) is 0 Å². The average Bonchev–Trinajstić information content (AvgIpc) is 3.49. The maximum Gasteiger partial charge on any atom is 0.248 e. The van der Waals surface area contributed by atoms with Crippen LogP contribution in [-0.2, 0) is 44.2 Å². The molecule has 0 fully saturated rings. The van der Waals surface area contributed by atoms with Crippen molar-refractivity contribution in [2.45, 2.75) is 89.5 Å². The first-order valence-corrected chi connectivity index (χ1v) is 20.5. The molecular weight excluding hydrogens is 703 g/mol. The Morgan fingerprint density at radius 2 is 1.79 bits per heavy atom. The quantitative estimate of drug-likeness (QED) is 0.167. The van der Waals surface area contributed by atoms with Gasteiger partial charge in [-0.05, 0) is 78.8 Å². The van der Waals surface area contributed by atoms with E-state index in [1.165, 1.54) is 29.0 Å². The first-order chi connectivity index (χ1) is 24.6. The van der Waals surface area contributed by atoms with Crippen molar-refractivity contribution in [2.24, 2.45) is 5.41 Å². The van der Waals surface area contributed by atoms with Crippen molar-refractivity contribution in [3.05, 3.63) is 94.4 Å². The summed E-state index contributed by atoms with van der Waals surface area (Å²) in [6, 6.07) is 13.0. The zero-order valence-electron chi connectivity index (χ0n) is 30.4. The highest BCUT2D eigenvalue weighted by atomic mass is 32.2. The van der Waals surface area contributed by atoms with Gasteiger partial charge in [0, 0.05) is 55.7 Å². The first kappa shape index (κ1) is 37.2. The number of sulfonamides is 1. The summed E-state index contributed by atoms with van der Waals surface area (Å²) in [5.41, 5.74) is 5.35. The van der Waals surface area contributed by atoms with E-state index in [1.54, 1.807) is 6.07 Å². The van der Waals surface area contributed by atoms with E-state index in [4.69, 9.17) is 4.74 Å². The predicted molar refractivity (Wildman–Crippen MR) is 195 cm³/mol. The van der Waals surface area contributed by atoms with E-state index < -0.39 is 31.2 Å². The molecule has 3 aromatic heterocycles. The van der Waals surface area contributed by atoms with Crippen LogP contribution in [0, 0.1) is 19.3 Å². The maximum absolute atomic E-state index is 14.4. The van der Waals surface area contributed by atoms with Crippen LogP contribution < -0.4 is 4.74 Å². The molecule has 13 nitrogen and oxygen atoms in total. The van der Waals surface area contributed by atoms with Crippen molar-refractivity contribution in [3.63, 3.8) is 0 Å². The van der Waals surface area contributed by atoms with E-state index in [1.807, 2.05) is 76.6 Å². The second kappa shape index (κ2) is 14.1. The largest absolute Gasteiger partial charge is 0.472 e. The van der Waals surface area contributed by atoms with Crippen LogP contribution in [0.1, 0.15) is 73.4 Å². The molecule has 0 unspecified atom stereocenters. The molecule has 2 aromatic carbocycles. The number of benzene rings is 2. The van der Waals surface area contributed by atoms with Crippen LogP contribution in [0.5, 0.6) is 5.88 Å². The molecule has 6 rings (SSSR count). The highest BCUT2D eigenvalue weighted by Crippen LogP contribution is 2.45. The monoisotopic (exact) mass is 745 g/mol. The third kappa shape index (κ3) is 6.96. The Morgan fingerprint density at radius 1 is 1.06 bits per heavy atom. The number of hydrogen-bond donors (Lipinski definition) is 0. The minimum Gasteiger partial charge on any atom is -0.472 e. The van der Waals surface area contributed by atoms with Crippen LogP contribution in [-0.4, -0.2) is 75.8 Å². The SMILES string of the molecule is CC[C@@H]1CN(Cc2cc([C@@H](c3ccc4c(nnn4CC)c3C)C(C)(C)C(=O)Cc3cnc(S(C)(=O)=O)nc3)ccc2C)S(=O)(=O)c2cccnc2O1. The standard InChI is InChI=1S/C37H43N7O6S2/c1-8-28-22-43(52(48,49)31-11-10-16-38-35(31)50-28)21-27-18-26(13-12-23(27)3)33(29-14-15-30-34(24(29)4)41-42-44(30)9-2)37(5,6)32(45)17-25-19-39-36(40-20-25)51(7,46)47/h10-16,18-20,28,33H,8-9,17,21-22H2,1-7H3/t28-,33+/m1/s1. The van der Waals surface area contributed by atoms with Crippen molar-refractivity contribution in [3.8, 4) is 5.88 Å². The summed E-state index contributed by atoms with van der Waals surface area (Å²) in [5, 5.41) is 8.51. The number of sulfone groups is 1. The first-order valence-electron chi connectivity index (χ1n) is 17.1. The Balaban J connectivity index is 1.44.